The van der Waals surface area contributed by atoms with Crippen LogP contribution in [0, 0.1) is 17.1 Å². The third kappa shape index (κ3) is 4.93. The van der Waals surface area contributed by atoms with Crippen molar-refractivity contribution in [2.24, 2.45) is 0 Å². The average Bonchev–Trinajstić information content (AvgIpc) is 2.54. The Labute approximate surface area is 132 Å². The lowest BCUT2D eigenvalue weighted by molar-refractivity contribution is -0.115. The number of halogens is 1. The molecule has 2 rings (SSSR count). The fourth-order valence-electron chi connectivity index (χ4n) is 1.90. The van der Waals surface area contributed by atoms with Gasteiger partial charge in [-0.2, -0.15) is 5.26 Å². The second-order valence-corrected chi connectivity index (χ2v) is 4.77. The molecule has 0 saturated heterocycles. The van der Waals surface area contributed by atoms with Gasteiger partial charge in [-0.25, -0.2) is 4.39 Å². The van der Waals surface area contributed by atoms with E-state index in [9.17, 15) is 14.0 Å². The zero-order valence-corrected chi connectivity index (χ0v) is 12.2. The molecule has 116 valence electrons. The summed E-state index contributed by atoms with van der Waals surface area (Å²) in [6.07, 6.45) is -0.203. The first-order valence-electron chi connectivity index (χ1n) is 6.88. The highest BCUT2D eigenvalue weighted by Gasteiger charge is 2.06. The van der Waals surface area contributed by atoms with Gasteiger partial charge in [-0.1, -0.05) is 18.2 Å². The van der Waals surface area contributed by atoms with Gasteiger partial charge in [0, 0.05) is 17.8 Å². The number of hydrogen-bond acceptors (Lipinski definition) is 3. The molecule has 0 aliphatic heterocycles. The maximum Gasteiger partial charge on any atom is 0.251 e. The molecule has 0 aliphatic carbocycles. The van der Waals surface area contributed by atoms with E-state index in [2.05, 4.69) is 10.6 Å². The van der Waals surface area contributed by atoms with Crippen molar-refractivity contribution in [1.82, 2.24) is 5.32 Å². The predicted molar refractivity (Wildman–Crippen MR) is 82.9 cm³/mol. The summed E-state index contributed by atoms with van der Waals surface area (Å²) in [5.74, 6) is -1.20. The van der Waals surface area contributed by atoms with Gasteiger partial charge in [-0.05, 0) is 35.9 Å². The number of nitrogens with zero attached hydrogens (tertiary/aromatic N) is 1. The lowest BCUT2D eigenvalue weighted by Crippen LogP contribution is -2.22. The summed E-state index contributed by atoms with van der Waals surface area (Å²) in [4.78, 5) is 23.2. The number of carbonyl (C=O) groups is 2. The highest BCUT2D eigenvalue weighted by Crippen LogP contribution is 2.10. The lowest BCUT2D eigenvalue weighted by atomic mass is 10.1. The van der Waals surface area contributed by atoms with E-state index in [1.807, 2.05) is 0 Å². The molecule has 0 heterocycles. The Bertz CT molecular complexity index is 751. The quantitative estimate of drug-likeness (QED) is 0.890. The van der Waals surface area contributed by atoms with Gasteiger partial charge in [0.05, 0.1) is 6.07 Å². The van der Waals surface area contributed by atoms with Crippen LogP contribution in [0.25, 0.3) is 0 Å². The Balaban J connectivity index is 1.90. The summed E-state index contributed by atoms with van der Waals surface area (Å²) in [7, 11) is 0. The van der Waals surface area contributed by atoms with Gasteiger partial charge < -0.3 is 10.6 Å². The molecule has 5 nitrogen and oxygen atoms in total. The molecule has 0 unspecified atom stereocenters. The molecular weight excluding hydrogens is 297 g/mol. The van der Waals surface area contributed by atoms with Crippen molar-refractivity contribution in [3.63, 3.8) is 0 Å². The Kier molecular flexibility index (Phi) is 5.42. The van der Waals surface area contributed by atoms with Crippen molar-refractivity contribution in [2.45, 2.75) is 13.0 Å². The van der Waals surface area contributed by atoms with Crippen LogP contribution in [0.5, 0.6) is 0 Å². The Morgan fingerprint density at radius 3 is 2.52 bits per heavy atom. The molecule has 2 N–H and O–H groups in total. The third-order valence-corrected chi connectivity index (χ3v) is 3.02. The first-order chi connectivity index (χ1) is 11.1. The number of anilines is 1. The number of nitriles is 1. The normalized spacial score (nSPS) is 9.74. The van der Waals surface area contributed by atoms with Crippen LogP contribution in [0.1, 0.15) is 22.3 Å². The summed E-state index contributed by atoms with van der Waals surface area (Å²) in [6, 6.07) is 14.1. The molecule has 2 aromatic carbocycles. The van der Waals surface area contributed by atoms with Crippen LogP contribution in [-0.4, -0.2) is 11.8 Å². The van der Waals surface area contributed by atoms with E-state index in [-0.39, 0.29) is 30.3 Å². The van der Waals surface area contributed by atoms with Crippen LogP contribution in [0.2, 0.25) is 0 Å². The van der Waals surface area contributed by atoms with Crippen molar-refractivity contribution >= 4 is 17.5 Å². The second-order valence-electron chi connectivity index (χ2n) is 4.77. The minimum Gasteiger partial charge on any atom is -0.348 e. The zero-order chi connectivity index (χ0) is 16.7. The van der Waals surface area contributed by atoms with Crippen molar-refractivity contribution in [3.8, 4) is 6.07 Å². The minimum atomic E-state index is -0.463. The summed E-state index contributed by atoms with van der Waals surface area (Å²) in [5.41, 5.74) is 1.66. The van der Waals surface area contributed by atoms with E-state index in [4.69, 9.17) is 5.26 Å². The number of hydrogen-bond donors (Lipinski definition) is 2. The van der Waals surface area contributed by atoms with Gasteiger partial charge in [0.2, 0.25) is 5.91 Å². The molecule has 0 bridgehead atoms. The van der Waals surface area contributed by atoms with E-state index >= 15 is 0 Å². The van der Waals surface area contributed by atoms with Gasteiger partial charge in [0.15, 0.2) is 0 Å². The van der Waals surface area contributed by atoms with E-state index < -0.39 is 5.82 Å². The van der Waals surface area contributed by atoms with Gasteiger partial charge in [-0.3, -0.25) is 9.59 Å². The maximum atomic E-state index is 13.1. The minimum absolute atomic E-state index is 0.203. The van der Waals surface area contributed by atoms with Crippen LogP contribution in [0.3, 0.4) is 0 Å². The van der Waals surface area contributed by atoms with Gasteiger partial charge in [0.1, 0.15) is 12.2 Å². The number of amides is 2. The number of benzene rings is 2. The summed E-state index contributed by atoms with van der Waals surface area (Å²) in [5, 5.41) is 13.7. The molecule has 2 aromatic rings. The van der Waals surface area contributed by atoms with Gasteiger partial charge >= 0.3 is 0 Å². The van der Waals surface area contributed by atoms with Crippen LogP contribution in [0.15, 0.2) is 48.5 Å². The monoisotopic (exact) mass is 311 g/mol. The SMILES string of the molecule is N#CCC(=O)Nc1ccc(CNC(=O)c2cccc(F)c2)cc1. The Morgan fingerprint density at radius 2 is 1.87 bits per heavy atom. The van der Waals surface area contributed by atoms with Crippen molar-refractivity contribution < 1.29 is 14.0 Å². The smallest absolute Gasteiger partial charge is 0.251 e. The molecule has 0 radical (unpaired) electrons. The molecule has 0 atom stereocenters. The maximum absolute atomic E-state index is 13.1. The van der Waals surface area contributed by atoms with Crippen LogP contribution < -0.4 is 10.6 Å². The fourth-order valence-corrected chi connectivity index (χ4v) is 1.90. The topological polar surface area (TPSA) is 82.0 Å². The van der Waals surface area contributed by atoms with Gasteiger partial charge in [0.25, 0.3) is 5.91 Å². The van der Waals surface area contributed by atoms with E-state index in [1.54, 1.807) is 30.3 Å². The summed E-state index contributed by atoms with van der Waals surface area (Å²) < 4.78 is 13.1. The molecule has 0 saturated carbocycles. The van der Waals surface area contributed by atoms with E-state index in [0.717, 1.165) is 5.56 Å². The van der Waals surface area contributed by atoms with Crippen molar-refractivity contribution in [1.29, 1.82) is 5.26 Å². The number of carbonyl (C=O) groups excluding carboxylic acids is 2. The largest absolute Gasteiger partial charge is 0.348 e. The number of rotatable bonds is 5. The molecule has 23 heavy (non-hydrogen) atoms. The first kappa shape index (κ1) is 16.2. The van der Waals surface area contributed by atoms with Crippen molar-refractivity contribution in [3.05, 3.63) is 65.5 Å². The van der Waals surface area contributed by atoms with E-state index in [0.29, 0.717) is 5.69 Å². The second kappa shape index (κ2) is 7.71. The van der Waals surface area contributed by atoms with Crippen LogP contribution in [-0.2, 0) is 11.3 Å². The zero-order valence-electron chi connectivity index (χ0n) is 12.2. The molecule has 0 spiro atoms. The summed E-state index contributed by atoms with van der Waals surface area (Å²) in [6.45, 7) is 0.280. The lowest BCUT2D eigenvalue weighted by Gasteiger charge is -2.07. The molecule has 0 aliphatic rings. The van der Waals surface area contributed by atoms with E-state index in [1.165, 1.54) is 24.3 Å². The van der Waals surface area contributed by atoms with Crippen LogP contribution in [0.4, 0.5) is 10.1 Å². The highest BCUT2D eigenvalue weighted by molar-refractivity contribution is 5.94. The van der Waals surface area contributed by atoms with Gasteiger partial charge in [-0.15, -0.1) is 0 Å². The standard InChI is InChI=1S/C17H14FN3O2/c18-14-3-1-2-13(10-14)17(23)20-11-12-4-6-15(7-5-12)21-16(22)8-9-19/h1-7,10H,8,11H2,(H,20,23)(H,21,22). The molecular formula is C17H14FN3O2. The number of nitrogens with one attached hydrogen (secondary N) is 2. The fraction of sp³-hybridized carbons (Fsp3) is 0.118. The Morgan fingerprint density at radius 1 is 1.13 bits per heavy atom. The summed E-state index contributed by atoms with van der Waals surface area (Å²) >= 11 is 0. The molecule has 2 amide bonds. The third-order valence-electron chi connectivity index (χ3n) is 3.02. The highest BCUT2D eigenvalue weighted by atomic mass is 19.1. The molecule has 0 fully saturated rings. The average molecular weight is 311 g/mol. The first-order valence-corrected chi connectivity index (χ1v) is 6.88. The van der Waals surface area contributed by atoms with Crippen molar-refractivity contribution in [2.75, 3.05) is 5.32 Å². The predicted octanol–water partition coefficient (Wildman–Crippen LogP) is 2.61. The molecule has 6 heteroatoms. The molecule has 0 aromatic heterocycles. The Hall–Kier alpha value is -3.20. The van der Waals surface area contributed by atoms with Crippen LogP contribution >= 0.6 is 0 Å².